The molecule has 0 bridgehead atoms. The van der Waals surface area contributed by atoms with E-state index in [1.165, 1.54) is 11.1 Å². The Labute approximate surface area is 106 Å². The quantitative estimate of drug-likeness (QED) is 0.894. The van der Waals surface area contributed by atoms with E-state index in [9.17, 15) is 0 Å². The van der Waals surface area contributed by atoms with Gasteiger partial charge in [0, 0.05) is 0 Å². The van der Waals surface area contributed by atoms with Gasteiger partial charge in [-0.2, -0.15) is 0 Å². The summed E-state index contributed by atoms with van der Waals surface area (Å²) in [5, 5.41) is 13.4. The van der Waals surface area contributed by atoms with Gasteiger partial charge in [0.25, 0.3) is 0 Å². The maximum Gasteiger partial charge on any atom is 0.206 e. The molecule has 4 heteroatoms. The van der Waals surface area contributed by atoms with Crippen LogP contribution in [0.4, 0.5) is 5.13 Å². The van der Waals surface area contributed by atoms with Gasteiger partial charge < -0.3 is 5.32 Å². The highest BCUT2D eigenvalue weighted by atomic mass is 32.1. The first kappa shape index (κ1) is 12.0. The van der Waals surface area contributed by atoms with Crippen LogP contribution in [0.3, 0.4) is 0 Å². The van der Waals surface area contributed by atoms with Crippen molar-refractivity contribution in [3.63, 3.8) is 0 Å². The Morgan fingerprint density at radius 1 is 1.18 bits per heavy atom. The maximum absolute atomic E-state index is 4.10. The van der Waals surface area contributed by atoms with Gasteiger partial charge in [0.1, 0.15) is 5.01 Å². The molecule has 0 radical (unpaired) electrons. The molecule has 2 rings (SSSR count). The Balaban J connectivity index is 2.13. The monoisotopic (exact) mass is 247 g/mol. The molecule has 90 valence electrons. The van der Waals surface area contributed by atoms with Crippen LogP contribution in [-0.4, -0.2) is 10.2 Å². The van der Waals surface area contributed by atoms with E-state index in [-0.39, 0.29) is 0 Å². The Morgan fingerprint density at radius 2 is 1.88 bits per heavy atom. The van der Waals surface area contributed by atoms with Gasteiger partial charge in [0.15, 0.2) is 0 Å². The minimum Gasteiger partial charge on any atom is -0.353 e. The van der Waals surface area contributed by atoms with Crippen molar-refractivity contribution in [2.24, 2.45) is 0 Å². The minimum absolute atomic E-state index is 0.308. The Kier molecular flexibility index (Phi) is 3.74. The van der Waals surface area contributed by atoms with Crippen molar-refractivity contribution in [2.75, 3.05) is 5.32 Å². The van der Waals surface area contributed by atoms with Gasteiger partial charge in [-0.15, -0.1) is 10.2 Å². The smallest absolute Gasteiger partial charge is 0.206 e. The third-order valence-electron chi connectivity index (χ3n) is 2.71. The number of hydrogen-bond acceptors (Lipinski definition) is 4. The van der Waals surface area contributed by atoms with E-state index in [0.29, 0.717) is 6.04 Å². The summed E-state index contributed by atoms with van der Waals surface area (Å²) in [5.74, 6) is 0. The van der Waals surface area contributed by atoms with Crippen LogP contribution in [-0.2, 0) is 0 Å². The van der Waals surface area contributed by atoms with Gasteiger partial charge in [-0.1, -0.05) is 48.1 Å². The summed E-state index contributed by atoms with van der Waals surface area (Å²) in [6.07, 6.45) is 1.03. The van der Waals surface area contributed by atoms with Gasteiger partial charge in [0.2, 0.25) is 5.13 Å². The van der Waals surface area contributed by atoms with Crippen LogP contribution in [0.25, 0.3) is 0 Å². The first-order valence-corrected chi connectivity index (χ1v) is 6.64. The summed E-state index contributed by atoms with van der Waals surface area (Å²) in [7, 11) is 0. The SMILES string of the molecule is CCC(Nc1nnc(C)s1)c1ccc(C)cc1. The largest absolute Gasteiger partial charge is 0.353 e. The number of anilines is 1. The fourth-order valence-corrected chi connectivity index (χ4v) is 2.37. The molecule has 17 heavy (non-hydrogen) atoms. The molecule has 0 fully saturated rings. The average Bonchev–Trinajstić information content (AvgIpc) is 2.73. The lowest BCUT2D eigenvalue weighted by molar-refractivity contribution is 0.745. The zero-order valence-electron chi connectivity index (χ0n) is 10.4. The molecule has 1 aromatic carbocycles. The van der Waals surface area contributed by atoms with Crippen LogP contribution in [0, 0.1) is 13.8 Å². The van der Waals surface area contributed by atoms with Crippen molar-refractivity contribution in [2.45, 2.75) is 33.2 Å². The second-order valence-corrected chi connectivity index (χ2v) is 5.32. The number of nitrogens with one attached hydrogen (secondary N) is 1. The highest BCUT2D eigenvalue weighted by molar-refractivity contribution is 7.15. The number of benzene rings is 1. The molecule has 1 N–H and O–H groups in total. The van der Waals surface area contributed by atoms with Crippen molar-refractivity contribution in [3.8, 4) is 0 Å². The lowest BCUT2D eigenvalue weighted by Gasteiger charge is -2.16. The van der Waals surface area contributed by atoms with Gasteiger partial charge in [0.05, 0.1) is 6.04 Å². The molecule has 0 spiro atoms. The topological polar surface area (TPSA) is 37.8 Å². The number of aryl methyl sites for hydroxylation is 2. The minimum atomic E-state index is 0.308. The predicted molar refractivity (Wildman–Crippen MR) is 72.5 cm³/mol. The summed E-state index contributed by atoms with van der Waals surface area (Å²) in [4.78, 5) is 0. The number of aromatic nitrogens is 2. The average molecular weight is 247 g/mol. The van der Waals surface area contributed by atoms with E-state index < -0.39 is 0 Å². The molecule has 0 saturated heterocycles. The van der Waals surface area contributed by atoms with Crippen LogP contribution in [0.2, 0.25) is 0 Å². The molecular formula is C13H17N3S. The van der Waals surface area contributed by atoms with Crippen LogP contribution < -0.4 is 5.32 Å². The molecule has 3 nitrogen and oxygen atoms in total. The molecular weight excluding hydrogens is 230 g/mol. The van der Waals surface area contributed by atoms with Crippen molar-refractivity contribution in [1.29, 1.82) is 0 Å². The molecule has 0 aliphatic heterocycles. The van der Waals surface area contributed by atoms with Gasteiger partial charge in [-0.3, -0.25) is 0 Å². The molecule has 0 aliphatic carbocycles. The van der Waals surface area contributed by atoms with Crippen molar-refractivity contribution in [3.05, 3.63) is 40.4 Å². The van der Waals surface area contributed by atoms with Gasteiger partial charge in [-0.05, 0) is 25.8 Å². The van der Waals surface area contributed by atoms with Gasteiger partial charge in [-0.25, -0.2) is 0 Å². The van der Waals surface area contributed by atoms with E-state index in [0.717, 1.165) is 16.6 Å². The van der Waals surface area contributed by atoms with Crippen LogP contribution in [0.1, 0.15) is 35.5 Å². The van der Waals surface area contributed by atoms with Crippen LogP contribution in [0.5, 0.6) is 0 Å². The standard InChI is InChI=1S/C13H17N3S/c1-4-12(11-7-5-9(2)6-8-11)14-13-16-15-10(3)17-13/h5-8,12H,4H2,1-3H3,(H,14,16). The molecule has 1 atom stereocenters. The molecule has 2 aromatic rings. The summed E-state index contributed by atoms with van der Waals surface area (Å²) < 4.78 is 0. The molecule has 0 amide bonds. The predicted octanol–water partition coefficient (Wildman–Crippen LogP) is 3.72. The summed E-state index contributed by atoms with van der Waals surface area (Å²) >= 11 is 1.60. The first-order valence-electron chi connectivity index (χ1n) is 5.82. The van der Waals surface area contributed by atoms with Crippen molar-refractivity contribution in [1.82, 2.24) is 10.2 Å². The molecule has 1 heterocycles. The lowest BCUT2D eigenvalue weighted by Crippen LogP contribution is -2.09. The van der Waals surface area contributed by atoms with Crippen molar-refractivity contribution < 1.29 is 0 Å². The highest BCUT2D eigenvalue weighted by Gasteiger charge is 2.10. The number of nitrogens with zero attached hydrogens (tertiary/aromatic N) is 2. The molecule has 1 unspecified atom stereocenters. The second-order valence-electron chi connectivity index (χ2n) is 4.14. The number of rotatable bonds is 4. The summed E-state index contributed by atoms with van der Waals surface area (Å²) in [5.41, 5.74) is 2.58. The Hall–Kier alpha value is -1.42. The van der Waals surface area contributed by atoms with E-state index in [2.05, 4.69) is 53.6 Å². The van der Waals surface area contributed by atoms with Crippen molar-refractivity contribution >= 4 is 16.5 Å². The second kappa shape index (κ2) is 5.27. The first-order chi connectivity index (χ1) is 8.19. The third kappa shape index (κ3) is 3.03. The summed E-state index contributed by atoms with van der Waals surface area (Å²) in [6, 6.07) is 8.94. The molecule has 0 saturated carbocycles. The zero-order valence-corrected chi connectivity index (χ0v) is 11.2. The normalized spacial score (nSPS) is 12.4. The molecule has 0 aliphatic rings. The van der Waals surface area contributed by atoms with E-state index >= 15 is 0 Å². The maximum atomic E-state index is 4.10. The Morgan fingerprint density at radius 3 is 2.41 bits per heavy atom. The highest BCUT2D eigenvalue weighted by Crippen LogP contribution is 2.24. The van der Waals surface area contributed by atoms with Crippen LogP contribution in [0.15, 0.2) is 24.3 Å². The lowest BCUT2D eigenvalue weighted by atomic mass is 10.0. The van der Waals surface area contributed by atoms with Gasteiger partial charge >= 0.3 is 0 Å². The van der Waals surface area contributed by atoms with E-state index in [4.69, 9.17) is 0 Å². The third-order valence-corrected chi connectivity index (χ3v) is 3.48. The summed E-state index contributed by atoms with van der Waals surface area (Å²) in [6.45, 7) is 6.24. The zero-order chi connectivity index (χ0) is 12.3. The fraction of sp³-hybridized carbons (Fsp3) is 0.385. The molecule has 1 aromatic heterocycles. The van der Waals surface area contributed by atoms with E-state index in [1.54, 1.807) is 11.3 Å². The number of hydrogen-bond donors (Lipinski definition) is 1. The van der Waals surface area contributed by atoms with E-state index in [1.807, 2.05) is 6.92 Å². The van der Waals surface area contributed by atoms with Crippen LogP contribution >= 0.6 is 11.3 Å². The fourth-order valence-electron chi connectivity index (χ4n) is 1.72. The Bertz CT molecular complexity index is 476.